The van der Waals surface area contributed by atoms with E-state index in [0.29, 0.717) is 24.4 Å². The Morgan fingerprint density at radius 2 is 1.90 bits per heavy atom. The standard InChI is InChI=1S/C17H20FNO2/c1-10-2-4-11(5-3-10)17(21)13-8-12-6-7-16(20)19-15(12)9-14(13)18/h8-11H,2-7H2,1H3,(H,19,20). The molecular weight excluding hydrogens is 269 g/mol. The zero-order chi connectivity index (χ0) is 15.0. The van der Waals surface area contributed by atoms with E-state index in [9.17, 15) is 14.0 Å². The van der Waals surface area contributed by atoms with Crippen molar-refractivity contribution in [2.45, 2.75) is 45.4 Å². The molecule has 1 aliphatic heterocycles. The van der Waals surface area contributed by atoms with E-state index in [1.807, 2.05) is 0 Å². The van der Waals surface area contributed by atoms with E-state index in [1.165, 1.54) is 6.07 Å². The number of carbonyl (C=O) groups excluding carboxylic acids is 2. The molecule has 0 spiro atoms. The topological polar surface area (TPSA) is 46.2 Å². The van der Waals surface area contributed by atoms with Gasteiger partial charge < -0.3 is 5.32 Å². The molecule has 1 N–H and O–H groups in total. The Balaban J connectivity index is 1.85. The Hall–Kier alpha value is -1.71. The highest BCUT2D eigenvalue weighted by atomic mass is 19.1. The molecule has 0 saturated heterocycles. The van der Waals surface area contributed by atoms with Crippen molar-refractivity contribution in [3.63, 3.8) is 0 Å². The minimum atomic E-state index is -0.514. The first kappa shape index (κ1) is 14.2. The van der Waals surface area contributed by atoms with Gasteiger partial charge in [0.05, 0.1) is 5.56 Å². The summed E-state index contributed by atoms with van der Waals surface area (Å²) < 4.78 is 14.2. The Bertz CT molecular complexity index is 589. The molecule has 4 heteroatoms. The fraction of sp³-hybridized carbons (Fsp3) is 0.529. The van der Waals surface area contributed by atoms with Gasteiger partial charge in [-0.1, -0.05) is 19.8 Å². The van der Waals surface area contributed by atoms with Crippen LogP contribution in [0.2, 0.25) is 0 Å². The van der Waals surface area contributed by atoms with Gasteiger partial charge in [0.15, 0.2) is 5.78 Å². The maximum Gasteiger partial charge on any atom is 0.224 e. The first-order valence-electron chi connectivity index (χ1n) is 7.71. The van der Waals surface area contributed by atoms with Crippen LogP contribution in [0.4, 0.5) is 10.1 Å². The van der Waals surface area contributed by atoms with Gasteiger partial charge in [-0.05, 0) is 42.9 Å². The maximum absolute atomic E-state index is 14.2. The first-order chi connectivity index (χ1) is 10.0. The minimum absolute atomic E-state index is 0.0491. The highest BCUT2D eigenvalue weighted by Crippen LogP contribution is 2.33. The molecule has 1 aliphatic carbocycles. The fourth-order valence-electron chi connectivity index (χ4n) is 3.33. The number of amides is 1. The summed E-state index contributed by atoms with van der Waals surface area (Å²) in [7, 11) is 0. The number of hydrogen-bond acceptors (Lipinski definition) is 2. The molecule has 3 rings (SSSR count). The third-order valence-corrected chi connectivity index (χ3v) is 4.74. The summed E-state index contributed by atoms with van der Waals surface area (Å²) in [4.78, 5) is 23.9. The monoisotopic (exact) mass is 289 g/mol. The van der Waals surface area contributed by atoms with Crippen molar-refractivity contribution in [1.29, 1.82) is 0 Å². The van der Waals surface area contributed by atoms with E-state index in [-0.39, 0.29) is 23.2 Å². The van der Waals surface area contributed by atoms with E-state index in [0.717, 1.165) is 31.2 Å². The number of anilines is 1. The second-order valence-corrected chi connectivity index (χ2v) is 6.36. The van der Waals surface area contributed by atoms with E-state index >= 15 is 0 Å². The predicted molar refractivity (Wildman–Crippen MR) is 78.8 cm³/mol. The van der Waals surface area contributed by atoms with Crippen molar-refractivity contribution in [2.75, 3.05) is 5.32 Å². The Kier molecular flexibility index (Phi) is 3.79. The molecule has 112 valence electrons. The average molecular weight is 289 g/mol. The zero-order valence-electron chi connectivity index (χ0n) is 12.2. The van der Waals surface area contributed by atoms with Gasteiger partial charge in [0, 0.05) is 18.0 Å². The number of Topliss-reactive ketones (excluding diaryl/α,β-unsaturated/α-hetero) is 1. The van der Waals surface area contributed by atoms with E-state index in [1.54, 1.807) is 6.07 Å². The molecule has 0 bridgehead atoms. The van der Waals surface area contributed by atoms with Crippen molar-refractivity contribution in [1.82, 2.24) is 0 Å². The summed E-state index contributed by atoms with van der Waals surface area (Å²) in [5.41, 5.74) is 1.57. The summed E-state index contributed by atoms with van der Waals surface area (Å²) >= 11 is 0. The molecule has 1 heterocycles. The van der Waals surface area contributed by atoms with Gasteiger partial charge in [0.1, 0.15) is 5.82 Å². The smallest absolute Gasteiger partial charge is 0.224 e. The molecule has 1 amide bonds. The molecule has 1 saturated carbocycles. The predicted octanol–water partition coefficient (Wildman–Crippen LogP) is 3.72. The van der Waals surface area contributed by atoms with Crippen LogP contribution in [-0.4, -0.2) is 11.7 Å². The number of halogens is 1. The van der Waals surface area contributed by atoms with Gasteiger partial charge in [-0.2, -0.15) is 0 Å². The lowest BCUT2D eigenvalue weighted by Crippen LogP contribution is -2.23. The number of ketones is 1. The van der Waals surface area contributed by atoms with Crippen molar-refractivity contribution in [3.05, 3.63) is 29.1 Å². The van der Waals surface area contributed by atoms with Gasteiger partial charge in [-0.25, -0.2) is 4.39 Å². The van der Waals surface area contributed by atoms with Crippen LogP contribution in [-0.2, 0) is 11.2 Å². The maximum atomic E-state index is 14.2. The van der Waals surface area contributed by atoms with Gasteiger partial charge in [0.2, 0.25) is 5.91 Å². The van der Waals surface area contributed by atoms with Crippen LogP contribution in [0, 0.1) is 17.7 Å². The van der Waals surface area contributed by atoms with Crippen LogP contribution in [0.5, 0.6) is 0 Å². The second kappa shape index (κ2) is 5.58. The minimum Gasteiger partial charge on any atom is -0.326 e. The van der Waals surface area contributed by atoms with E-state index in [2.05, 4.69) is 12.2 Å². The lowest BCUT2D eigenvalue weighted by Gasteiger charge is -2.26. The highest BCUT2D eigenvalue weighted by Gasteiger charge is 2.28. The van der Waals surface area contributed by atoms with Gasteiger partial charge in [0.25, 0.3) is 0 Å². The number of benzene rings is 1. The Morgan fingerprint density at radius 3 is 2.62 bits per heavy atom. The molecule has 1 aromatic carbocycles. The van der Waals surface area contributed by atoms with Crippen LogP contribution in [0.3, 0.4) is 0 Å². The third-order valence-electron chi connectivity index (χ3n) is 4.74. The summed E-state index contributed by atoms with van der Waals surface area (Å²) in [5.74, 6) is -0.0644. The molecule has 0 atom stereocenters. The number of rotatable bonds is 2. The van der Waals surface area contributed by atoms with Crippen LogP contribution < -0.4 is 5.32 Å². The van der Waals surface area contributed by atoms with Gasteiger partial charge in [-0.3, -0.25) is 9.59 Å². The molecule has 3 nitrogen and oxygen atoms in total. The number of aryl methyl sites for hydroxylation is 1. The summed E-state index contributed by atoms with van der Waals surface area (Å²) in [6.07, 6.45) is 4.76. The molecule has 0 radical (unpaired) electrons. The number of nitrogens with one attached hydrogen (secondary N) is 1. The summed E-state index contributed by atoms with van der Waals surface area (Å²) in [6, 6.07) is 2.94. The molecule has 2 aliphatic rings. The largest absolute Gasteiger partial charge is 0.326 e. The number of hydrogen-bond donors (Lipinski definition) is 1. The molecule has 0 unspecified atom stereocenters. The summed E-state index contributed by atoms with van der Waals surface area (Å²) in [6.45, 7) is 2.20. The van der Waals surface area contributed by atoms with E-state index in [4.69, 9.17) is 0 Å². The quantitative estimate of drug-likeness (QED) is 0.843. The second-order valence-electron chi connectivity index (χ2n) is 6.36. The zero-order valence-corrected chi connectivity index (χ0v) is 12.2. The van der Waals surface area contributed by atoms with Crippen LogP contribution >= 0.6 is 0 Å². The van der Waals surface area contributed by atoms with Crippen LogP contribution in [0.25, 0.3) is 0 Å². The lowest BCUT2D eigenvalue weighted by atomic mass is 9.79. The molecule has 1 fully saturated rings. The average Bonchev–Trinajstić information content (AvgIpc) is 2.46. The van der Waals surface area contributed by atoms with Crippen molar-refractivity contribution in [2.24, 2.45) is 11.8 Å². The van der Waals surface area contributed by atoms with Crippen molar-refractivity contribution in [3.8, 4) is 0 Å². The lowest BCUT2D eigenvalue weighted by molar-refractivity contribution is -0.116. The Labute approximate surface area is 123 Å². The van der Waals surface area contributed by atoms with Crippen LogP contribution in [0.1, 0.15) is 54.9 Å². The van der Waals surface area contributed by atoms with Gasteiger partial charge in [-0.15, -0.1) is 0 Å². The first-order valence-corrected chi connectivity index (χ1v) is 7.71. The molecule has 21 heavy (non-hydrogen) atoms. The highest BCUT2D eigenvalue weighted by molar-refractivity contribution is 6.00. The van der Waals surface area contributed by atoms with Gasteiger partial charge >= 0.3 is 0 Å². The molecule has 0 aromatic heterocycles. The van der Waals surface area contributed by atoms with E-state index < -0.39 is 5.82 Å². The molecular formula is C17H20FNO2. The SMILES string of the molecule is CC1CCC(C(=O)c2cc3c(cc2F)NC(=O)CC3)CC1. The molecule has 1 aromatic rings. The number of carbonyl (C=O) groups is 2. The number of fused-ring (bicyclic) bond motifs is 1. The van der Waals surface area contributed by atoms with Crippen molar-refractivity contribution >= 4 is 17.4 Å². The third kappa shape index (κ3) is 2.85. The van der Waals surface area contributed by atoms with Crippen LogP contribution in [0.15, 0.2) is 12.1 Å². The normalized spacial score (nSPS) is 25.1. The summed E-state index contributed by atoms with van der Waals surface area (Å²) in [5, 5.41) is 2.66. The Morgan fingerprint density at radius 1 is 1.19 bits per heavy atom. The fourth-order valence-corrected chi connectivity index (χ4v) is 3.33. The van der Waals surface area contributed by atoms with Crippen molar-refractivity contribution < 1.29 is 14.0 Å².